The number of hydrogen-bond acceptors (Lipinski definition) is 7. The largest absolute Gasteiger partial charge is 0.507 e. The Morgan fingerprint density at radius 1 is 1.09 bits per heavy atom. The molecule has 4 aromatic heterocycles. The van der Waals surface area contributed by atoms with Gasteiger partial charge in [-0.05, 0) is 56.7 Å². The maximum atomic E-state index is 12.6. The van der Waals surface area contributed by atoms with Crippen molar-refractivity contribution in [3.05, 3.63) is 76.5 Å². The van der Waals surface area contributed by atoms with Crippen LogP contribution in [0, 0.1) is 20.8 Å². The van der Waals surface area contributed by atoms with Crippen LogP contribution in [0.15, 0.2) is 46.9 Å². The summed E-state index contributed by atoms with van der Waals surface area (Å²) in [5.41, 5.74) is 10.2. The maximum absolute atomic E-state index is 12.6. The van der Waals surface area contributed by atoms with Gasteiger partial charge in [0.15, 0.2) is 11.4 Å². The van der Waals surface area contributed by atoms with Crippen LogP contribution >= 0.6 is 0 Å². The van der Waals surface area contributed by atoms with Crippen molar-refractivity contribution in [3.8, 4) is 5.75 Å². The highest BCUT2D eigenvalue weighted by molar-refractivity contribution is 5.92. The molecule has 0 aliphatic heterocycles. The van der Waals surface area contributed by atoms with Gasteiger partial charge in [-0.2, -0.15) is 5.10 Å². The minimum absolute atomic E-state index is 0.141. The lowest BCUT2D eigenvalue weighted by molar-refractivity contribution is 0.0933. The summed E-state index contributed by atoms with van der Waals surface area (Å²) in [6.07, 6.45) is 0.313. The number of hydrogen-bond donors (Lipinski definition) is 3. The summed E-state index contributed by atoms with van der Waals surface area (Å²) in [6.45, 7) is 5.76. The first-order chi connectivity index (χ1) is 16.3. The molecule has 3 N–H and O–H groups in total. The fraction of sp³-hybridized carbons (Fsp3) is 0.200. The van der Waals surface area contributed by atoms with E-state index in [0.29, 0.717) is 34.6 Å². The molecule has 0 fully saturated rings. The fourth-order valence-corrected chi connectivity index (χ4v) is 4.24. The van der Waals surface area contributed by atoms with E-state index in [1.165, 1.54) is 0 Å². The minimum atomic E-state index is -0.440. The number of anilines is 1. The monoisotopic (exact) mass is 456 g/mol. The average molecular weight is 457 g/mol. The number of furan rings is 1. The van der Waals surface area contributed by atoms with E-state index in [2.05, 4.69) is 25.9 Å². The summed E-state index contributed by atoms with van der Waals surface area (Å²) in [7, 11) is 1.83. The summed E-state index contributed by atoms with van der Waals surface area (Å²) in [5.74, 6) is 0.916. The predicted molar refractivity (Wildman–Crippen MR) is 129 cm³/mol. The Kier molecular flexibility index (Phi) is 5.16. The lowest BCUT2D eigenvalue weighted by Crippen LogP contribution is -2.29. The number of pyridine rings is 2. The molecule has 9 nitrogen and oxygen atoms in total. The van der Waals surface area contributed by atoms with E-state index in [9.17, 15) is 9.90 Å². The molecule has 0 bridgehead atoms. The van der Waals surface area contributed by atoms with Crippen molar-refractivity contribution in [2.24, 2.45) is 7.05 Å². The molecule has 5 aromatic rings. The zero-order valence-corrected chi connectivity index (χ0v) is 19.3. The molecule has 0 aliphatic carbocycles. The molecule has 1 aromatic carbocycles. The zero-order valence-electron chi connectivity index (χ0n) is 19.3. The third-order valence-corrected chi connectivity index (χ3v) is 5.88. The molecule has 0 saturated heterocycles. The summed E-state index contributed by atoms with van der Waals surface area (Å²) >= 11 is 0. The standard InChI is InChI=1S/C25H24N6O3/c1-13-11-21(27-24-22(13)15(3)30-31(24)4)28-29-25(33)20-10-9-16(34-20)12-18-14(2)26-19-8-6-5-7-17(19)23(18)32/h5-11H,12H2,1-4H3,(H,26,32)(H,27,28)(H,29,33). The number of amides is 1. The quantitative estimate of drug-likeness (QED) is 0.341. The van der Waals surface area contributed by atoms with E-state index >= 15 is 0 Å². The topological polar surface area (TPSA) is 118 Å². The molecule has 0 spiro atoms. The second-order valence-corrected chi connectivity index (χ2v) is 8.30. The van der Waals surface area contributed by atoms with Gasteiger partial charge in [-0.3, -0.25) is 25.3 Å². The molecule has 172 valence electrons. The van der Waals surface area contributed by atoms with Gasteiger partial charge in [-0.1, -0.05) is 12.1 Å². The van der Waals surface area contributed by atoms with Crippen LogP contribution in [0.25, 0.3) is 21.9 Å². The van der Waals surface area contributed by atoms with E-state index in [0.717, 1.165) is 27.8 Å². The number of fused-ring (bicyclic) bond motifs is 2. The van der Waals surface area contributed by atoms with Gasteiger partial charge >= 0.3 is 5.91 Å². The smallest absolute Gasteiger partial charge is 0.305 e. The first kappa shape index (κ1) is 21.4. The number of carbonyl (C=O) groups is 1. The number of benzene rings is 1. The lowest BCUT2D eigenvalue weighted by atomic mass is 10.0. The van der Waals surface area contributed by atoms with Gasteiger partial charge < -0.3 is 9.52 Å². The number of nitrogens with zero attached hydrogens (tertiary/aromatic N) is 4. The molecule has 0 unspecified atom stereocenters. The second kappa shape index (κ2) is 8.18. The van der Waals surface area contributed by atoms with Crippen LogP contribution in [0.4, 0.5) is 5.82 Å². The molecular formula is C25H24N6O3. The Morgan fingerprint density at radius 3 is 2.71 bits per heavy atom. The van der Waals surface area contributed by atoms with Crippen molar-refractivity contribution in [3.63, 3.8) is 0 Å². The van der Waals surface area contributed by atoms with Gasteiger partial charge in [-0.15, -0.1) is 0 Å². The predicted octanol–water partition coefficient (Wildman–Crippen LogP) is 4.09. The molecule has 0 atom stereocenters. The third-order valence-electron chi connectivity index (χ3n) is 5.88. The van der Waals surface area contributed by atoms with Crippen LogP contribution in [0.1, 0.15) is 38.8 Å². The number of aryl methyl sites for hydroxylation is 4. The molecule has 5 rings (SSSR count). The van der Waals surface area contributed by atoms with Crippen LogP contribution in [0.2, 0.25) is 0 Å². The van der Waals surface area contributed by atoms with E-state index in [4.69, 9.17) is 4.42 Å². The molecule has 0 radical (unpaired) electrons. The summed E-state index contributed by atoms with van der Waals surface area (Å²) in [5, 5.41) is 16.8. The van der Waals surface area contributed by atoms with Crippen LogP contribution in [0.5, 0.6) is 5.75 Å². The molecule has 1 amide bonds. The van der Waals surface area contributed by atoms with E-state index in [-0.39, 0.29) is 11.5 Å². The Hall–Kier alpha value is -4.40. The highest BCUT2D eigenvalue weighted by Crippen LogP contribution is 2.31. The van der Waals surface area contributed by atoms with Crippen LogP contribution < -0.4 is 10.9 Å². The number of rotatable bonds is 5. The van der Waals surface area contributed by atoms with Crippen molar-refractivity contribution in [1.82, 2.24) is 25.2 Å². The van der Waals surface area contributed by atoms with E-state index in [1.54, 1.807) is 16.8 Å². The number of aromatic nitrogens is 4. The fourth-order valence-electron chi connectivity index (χ4n) is 4.24. The Morgan fingerprint density at radius 2 is 1.88 bits per heavy atom. The Balaban J connectivity index is 1.32. The van der Waals surface area contributed by atoms with Gasteiger partial charge in [0.25, 0.3) is 0 Å². The van der Waals surface area contributed by atoms with Crippen molar-refractivity contribution in [1.29, 1.82) is 0 Å². The van der Waals surface area contributed by atoms with Crippen molar-refractivity contribution < 1.29 is 14.3 Å². The normalized spacial score (nSPS) is 11.3. The average Bonchev–Trinajstić information content (AvgIpc) is 3.39. The zero-order chi connectivity index (χ0) is 24.0. The number of hydrazine groups is 1. The van der Waals surface area contributed by atoms with Gasteiger partial charge in [0.2, 0.25) is 0 Å². The number of carbonyl (C=O) groups excluding carboxylic acids is 1. The SMILES string of the molecule is Cc1nc2ccccc2c(O)c1Cc1ccc(C(=O)NNc2cc(C)c3c(C)nn(C)c3n2)o1. The number of para-hydroxylation sites is 1. The van der Waals surface area contributed by atoms with Crippen LogP contribution in [-0.4, -0.2) is 30.8 Å². The van der Waals surface area contributed by atoms with Gasteiger partial charge in [0.05, 0.1) is 11.2 Å². The second-order valence-electron chi connectivity index (χ2n) is 8.30. The Bertz CT molecular complexity index is 1570. The first-order valence-corrected chi connectivity index (χ1v) is 10.8. The summed E-state index contributed by atoms with van der Waals surface area (Å²) < 4.78 is 7.46. The summed E-state index contributed by atoms with van der Waals surface area (Å²) in [4.78, 5) is 21.7. The van der Waals surface area contributed by atoms with Gasteiger partial charge in [-0.25, -0.2) is 4.98 Å². The van der Waals surface area contributed by atoms with Gasteiger partial charge in [0, 0.05) is 35.5 Å². The van der Waals surface area contributed by atoms with Crippen LogP contribution in [-0.2, 0) is 13.5 Å². The Labute approximate surface area is 195 Å². The first-order valence-electron chi connectivity index (χ1n) is 10.8. The highest BCUT2D eigenvalue weighted by atomic mass is 16.4. The van der Waals surface area contributed by atoms with E-state index < -0.39 is 5.91 Å². The number of aromatic hydroxyl groups is 1. The van der Waals surface area contributed by atoms with Gasteiger partial charge in [0.1, 0.15) is 17.3 Å². The highest BCUT2D eigenvalue weighted by Gasteiger charge is 2.17. The van der Waals surface area contributed by atoms with Crippen LogP contribution in [0.3, 0.4) is 0 Å². The molecule has 0 aliphatic rings. The van der Waals surface area contributed by atoms with Crippen molar-refractivity contribution >= 4 is 33.7 Å². The third kappa shape index (κ3) is 3.71. The molecule has 0 saturated carbocycles. The molecule has 34 heavy (non-hydrogen) atoms. The summed E-state index contributed by atoms with van der Waals surface area (Å²) in [6, 6.07) is 12.6. The number of nitrogens with one attached hydrogen (secondary N) is 2. The molecule has 9 heteroatoms. The van der Waals surface area contributed by atoms with E-state index in [1.807, 2.05) is 58.2 Å². The lowest BCUT2D eigenvalue weighted by Gasteiger charge is -2.10. The van der Waals surface area contributed by atoms with Crippen molar-refractivity contribution in [2.45, 2.75) is 27.2 Å². The minimum Gasteiger partial charge on any atom is -0.507 e. The van der Waals surface area contributed by atoms with Crippen molar-refractivity contribution in [2.75, 3.05) is 5.43 Å². The molecule has 4 heterocycles. The molecular weight excluding hydrogens is 432 g/mol. The maximum Gasteiger partial charge on any atom is 0.305 e.